The van der Waals surface area contributed by atoms with Crippen LogP contribution in [0, 0.1) is 23.5 Å². The predicted octanol–water partition coefficient (Wildman–Crippen LogP) is 2.49. The van der Waals surface area contributed by atoms with Gasteiger partial charge in [0.05, 0.1) is 6.42 Å². The summed E-state index contributed by atoms with van der Waals surface area (Å²) in [4.78, 5) is 11.2. The van der Waals surface area contributed by atoms with Gasteiger partial charge < -0.3 is 0 Å². The molecule has 15 heavy (non-hydrogen) atoms. The van der Waals surface area contributed by atoms with Crippen molar-refractivity contribution >= 4 is 5.78 Å². The molecule has 0 saturated carbocycles. The van der Waals surface area contributed by atoms with E-state index in [0.29, 0.717) is 0 Å². The van der Waals surface area contributed by atoms with E-state index in [1.165, 1.54) is 6.07 Å². The largest absolute Gasteiger partial charge is 0.298 e. The molecular formula is C12H10F2O. The van der Waals surface area contributed by atoms with Gasteiger partial charge in [-0.2, -0.15) is 0 Å². The first-order valence-corrected chi connectivity index (χ1v) is 4.48. The van der Waals surface area contributed by atoms with E-state index in [-0.39, 0.29) is 24.2 Å². The number of Topliss-reactive ketones (excluding diaryl/α,β-unsaturated/α-hetero) is 1. The van der Waals surface area contributed by atoms with Crippen molar-refractivity contribution in [2.24, 2.45) is 0 Å². The van der Waals surface area contributed by atoms with Crippen molar-refractivity contribution in [1.29, 1.82) is 0 Å². The Labute approximate surface area is 87.1 Å². The molecule has 0 radical (unpaired) electrons. The van der Waals surface area contributed by atoms with Gasteiger partial charge in [-0.05, 0) is 18.6 Å². The van der Waals surface area contributed by atoms with Crippen molar-refractivity contribution in [3.05, 3.63) is 35.4 Å². The summed E-state index contributed by atoms with van der Waals surface area (Å²) in [5.74, 6) is 3.69. The Bertz CT molecular complexity index is 427. The van der Waals surface area contributed by atoms with Crippen molar-refractivity contribution in [2.75, 3.05) is 0 Å². The molecule has 0 heterocycles. The van der Waals surface area contributed by atoms with Crippen LogP contribution < -0.4 is 0 Å². The third kappa shape index (κ3) is 3.51. The van der Waals surface area contributed by atoms with Crippen LogP contribution in [0.3, 0.4) is 0 Å². The zero-order chi connectivity index (χ0) is 11.3. The minimum absolute atomic E-state index is 0.0409. The number of carbonyl (C=O) groups excluding carboxylic acids is 1. The van der Waals surface area contributed by atoms with Crippen LogP contribution in [0.5, 0.6) is 0 Å². The summed E-state index contributed by atoms with van der Waals surface area (Å²) in [5.41, 5.74) is 0.208. The number of benzene rings is 1. The van der Waals surface area contributed by atoms with Gasteiger partial charge in [0, 0.05) is 12.5 Å². The fraction of sp³-hybridized carbons (Fsp3) is 0.250. The monoisotopic (exact) mass is 208 g/mol. The lowest BCUT2D eigenvalue weighted by Crippen LogP contribution is -2.03. The molecule has 0 atom stereocenters. The summed E-state index contributed by atoms with van der Waals surface area (Å²) in [6.45, 7) is 1.63. The third-order valence-corrected chi connectivity index (χ3v) is 1.87. The summed E-state index contributed by atoms with van der Waals surface area (Å²) in [5, 5.41) is 0. The van der Waals surface area contributed by atoms with Crippen molar-refractivity contribution in [2.45, 2.75) is 19.8 Å². The first kappa shape index (κ1) is 11.4. The molecule has 1 aromatic carbocycles. The zero-order valence-corrected chi connectivity index (χ0v) is 8.31. The molecule has 3 heteroatoms. The lowest BCUT2D eigenvalue weighted by Gasteiger charge is -2.00. The molecule has 0 saturated heterocycles. The first-order valence-electron chi connectivity index (χ1n) is 4.48. The minimum Gasteiger partial charge on any atom is -0.298 e. The molecule has 0 spiro atoms. The second-order valence-electron chi connectivity index (χ2n) is 3.05. The quantitative estimate of drug-likeness (QED) is 0.697. The molecule has 0 amide bonds. The van der Waals surface area contributed by atoms with Crippen LogP contribution in [0.1, 0.15) is 18.9 Å². The molecule has 1 nitrogen and oxygen atoms in total. The second-order valence-corrected chi connectivity index (χ2v) is 3.05. The predicted molar refractivity (Wildman–Crippen MR) is 53.1 cm³/mol. The highest BCUT2D eigenvalue weighted by atomic mass is 19.1. The number of hydrogen-bond donors (Lipinski definition) is 0. The average molecular weight is 208 g/mol. The van der Waals surface area contributed by atoms with Crippen molar-refractivity contribution in [3.8, 4) is 11.8 Å². The maximum atomic E-state index is 13.1. The summed E-state index contributed by atoms with van der Waals surface area (Å²) in [7, 11) is 0. The molecule has 0 N–H and O–H groups in total. The topological polar surface area (TPSA) is 17.1 Å². The van der Waals surface area contributed by atoms with Crippen LogP contribution in [0.4, 0.5) is 8.78 Å². The maximum absolute atomic E-state index is 13.1. The Kier molecular flexibility index (Phi) is 3.99. The highest BCUT2D eigenvalue weighted by Gasteiger charge is 2.07. The lowest BCUT2D eigenvalue weighted by atomic mass is 10.1. The number of carbonyl (C=O) groups is 1. The highest BCUT2D eigenvalue weighted by molar-refractivity contribution is 5.83. The van der Waals surface area contributed by atoms with Gasteiger partial charge in [0.2, 0.25) is 0 Å². The summed E-state index contributed by atoms with van der Waals surface area (Å²) >= 11 is 0. The van der Waals surface area contributed by atoms with Crippen LogP contribution in [-0.4, -0.2) is 5.78 Å². The second kappa shape index (κ2) is 5.26. The van der Waals surface area contributed by atoms with Crippen LogP contribution >= 0.6 is 0 Å². The normalized spacial score (nSPS) is 9.27. The SMILES string of the molecule is CC#CCC(=O)Cc1ccc(F)cc1F. The van der Waals surface area contributed by atoms with Gasteiger partial charge in [0.1, 0.15) is 17.4 Å². The van der Waals surface area contributed by atoms with Gasteiger partial charge >= 0.3 is 0 Å². The molecule has 0 aliphatic heterocycles. The molecule has 0 aromatic heterocycles. The first-order chi connectivity index (χ1) is 7.13. The number of halogens is 2. The molecule has 0 unspecified atom stereocenters. The molecule has 0 fully saturated rings. The number of hydrogen-bond acceptors (Lipinski definition) is 1. The molecule has 78 valence electrons. The average Bonchev–Trinajstić information content (AvgIpc) is 2.19. The fourth-order valence-electron chi connectivity index (χ4n) is 1.13. The Balaban J connectivity index is 2.71. The number of rotatable bonds is 3. The van der Waals surface area contributed by atoms with Crippen LogP contribution in [0.15, 0.2) is 18.2 Å². The van der Waals surface area contributed by atoms with Crippen LogP contribution in [0.25, 0.3) is 0 Å². The highest BCUT2D eigenvalue weighted by Crippen LogP contribution is 2.10. The summed E-state index contributed by atoms with van der Waals surface area (Å²) < 4.78 is 25.6. The van der Waals surface area contributed by atoms with Gasteiger partial charge in [-0.25, -0.2) is 8.78 Å². The molecule has 1 aromatic rings. The Morgan fingerprint density at radius 3 is 2.73 bits per heavy atom. The lowest BCUT2D eigenvalue weighted by molar-refractivity contribution is -0.117. The van der Waals surface area contributed by atoms with E-state index in [4.69, 9.17) is 0 Å². The van der Waals surface area contributed by atoms with Gasteiger partial charge in [-0.3, -0.25) is 4.79 Å². The molecule has 0 aliphatic carbocycles. The van der Waals surface area contributed by atoms with E-state index in [1.807, 2.05) is 0 Å². The van der Waals surface area contributed by atoms with E-state index in [9.17, 15) is 13.6 Å². The minimum atomic E-state index is -0.687. The molecule has 0 bridgehead atoms. The molecular weight excluding hydrogens is 198 g/mol. The van der Waals surface area contributed by atoms with E-state index in [0.717, 1.165) is 12.1 Å². The van der Waals surface area contributed by atoms with Crippen LogP contribution in [-0.2, 0) is 11.2 Å². The smallest absolute Gasteiger partial charge is 0.149 e. The maximum Gasteiger partial charge on any atom is 0.149 e. The number of ketones is 1. The Hall–Kier alpha value is -1.69. The Morgan fingerprint density at radius 1 is 1.40 bits per heavy atom. The molecule has 0 aliphatic rings. The summed E-state index contributed by atoms with van der Waals surface area (Å²) in [6, 6.07) is 3.19. The van der Waals surface area contributed by atoms with Crippen molar-refractivity contribution in [3.63, 3.8) is 0 Å². The standard InChI is InChI=1S/C12H10F2O/c1-2-3-4-11(15)7-9-5-6-10(13)8-12(9)14/h5-6,8H,4,7H2,1H3. The van der Waals surface area contributed by atoms with Crippen molar-refractivity contribution < 1.29 is 13.6 Å². The van der Waals surface area contributed by atoms with E-state index >= 15 is 0 Å². The third-order valence-electron chi connectivity index (χ3n) is 1.87. The molecule has 1 rings (SSSR count). The van der Waals surface area contributed by atoms with Crippen LogP contribution in [0.2, 0.25) is 0 Å². The van der Waals surface area contributed by atoms with Gasteiger partial charge in [-0.1, -0.05) is 12.0 Å². The van der Waals surface area contributed by atoms with Gasteiger partial charge in [-0.15, -0.1) is 5.92 Å². The van der Waals surface area contributed by atoms with Gasteiger partial charge in [0.25, 0.3) is 0 Å². The van der Waals surface area contributed by atoms with E-state index in [2.05, 4.69) is 11.8 Å². The van der Waals surface area contributed by atoms with E-state index < -0.39 is 11.6 Å². The Morgan fingerprint density at radius 2 is 2.13 bits per heavy atom. The fourth-order valence-corrected chi connectivity index (χ4v) is 1.13. The zero-order valence-electron chi connectivity index (χ0n) is 8.31. The van der Waals surface area contributed by atoms with Gasteiger partial charge in [0.15, 0.2) is 0 Å². The summed E-state index contributed by atoms with van der Waals surface area (Å²) in [6.07, 6.45) is 0.0636. The van der Waals surface area contributed by atoms with Crippen molar-refractivity contribution in [1.82, 2.24) is 0 Å². The van der Waals surface area contributed by atoms with E-state index in [1.54, 1.807) is 6.92 Å².